The van der Waals surface area contributed by atoms with Gasteiger partial charge in [-0.05, 0) is 46.2 Å². The Kier molecular flexibility index (Phi) is 7.01. The van der Waals surface area contributed by atoms with Gasteiger partial charge in [-0.25, -0.2) is 9.78 Å². The molecule has 8 heteroatoms. The summed E-state index contributed by atoms with van der Waals surface area (Å²) in [5, 5.41) is 5.37. The third-order valence-electron chi connectivity index (χ3n) is 4.11. The molecule has 1 aromatic carbocycles. The van der Waals surface area contributed by atoms with Crippen LogP contribution in [0.15, 0.2) is 34.2 Å². The van der Waals surface area contributed by atoms with Crippen LogP contribution < -0.4 is 16.2 Å². The number of hydrogen-bond acceptors (Lipinski definition) is 5. The molecule has 27 heavy (non-hydrogen) atoms. The number of carbonyl (C=O) groups is 2. The van der Waals surface area contributed by atoms with E-state index in [9.17, 15) is 14.4 Å². The van der Waals surface area contributed by atoms with Crippen LogP contribution in [0.2, 0.25) is 0 Å². The van der Waals surface area contributed by atoms with Crippen LogP contribution in [-0.4, -0.2) is 32.8 Å². The van der Waals surface area contributed by atoms with Gasteiger partial charge in [-0.1, -0.05) is 30.8 Å². The number of fused-ring (bicyclic) bond motifs is 1. The Morgan fingerprint density at radius 3 is 2.48 bits per heavy atom. The number of aromatic nitrogens is 2. The third-order valence-corrected chi connectivity index (χ3v) is 5.18. The number of amides is 3. The van der Waals surface area contributed by atoms with Crippen molar-refractivity contribution in [3.8, 4) is 0 Å². The normalized spacial score (nSPS) is 13.4. The number of hydrogen-bond donors (Lipinski definition) is 2. The van der Waals surface area contributed by atoms with E-state index in [0.717, 1.165) is 6.42 Å². The van der Waals surface area contributed by atoms with Crippen LogP contribution in [-0.2, 0) is 4.79 Å². The predicted octanol–water partition coefficient (Wildman–Crippen LogP) is 3.08. The fraction of sp³-hybridized carbons (Fsp3) is 0.474. The molecule has 146 valence electrons. The lowest BCUT2D eigenvalue weighted by Crippen LogP contribution is -2.45. The van der Waals surface area contributed by atoms with Crippen molar-refractivity contribution < 1.29 is 9.59 Å². The van der Waals surface area contributed by atoms with Gasteiger partial charge in [0.1, 0.15) is 0 Å². The lowest BCUT2D eigenvalue weighted by Gasteiger charge is -2.20. The SMILES string of the molecule is CC[C@H](C)n1c(S[C@H](C)C(=O)NC(=O)NC(C)C)nc2ccccc2c1=O. The van der Waals surface area contributed by atoms with E-state index in [-0.39, 0.29) is 17.6 Å². The molecule has 0 aliphatic rings. The number of rotatable bonds is 6. The minimum Gasteiger partial charge on any atom is -0.336 e. The van der Waals surface area contributed by atoms with Crippen LogP contribution in [0.1, 0.15) is 47.1 Å². The number of nitrogens with zero attached hydrogens (tertiary/aromatic N) is 2. The number of para-hydroxylation sites is 1. The molecule has 1 aromatic heterocycles. The highest BCUT2D eigenvalue weighted by Crippen LogP contribution is 2.25. The maximum absolute atomic E-state index is 12.9. The Morgan fingerprint density at radius 2 is 1.85 bits per heavy atom. The summed E-state index contributed by atoms with van der Waals surface area (Å²) in [4.78, 5) is 41.6. The van der Waals surface area contributed by atoms with Gasteiger partial charge < -0.3 is 5.32 Å². The number of carbonyl (C=O) groups excluding carboxylic acids is 2. The van der Waals surface area contributed by atoms with Crippen LogP contribution in [0.4, 0.5) is 4.79 Å². The first-order valence-corrected chi connectivity index (χ1v) is 9.91. The molecule has 0 aliphatic carbocycles. The zero-order valence-corrected chi connectivity index (χ0v) is 17.1. The van der Waals surface area contributed by atoms with Crippen molar-refractivity contribution in [1.82, 2.24) is 20.2 Å². The number of benzene rings is 1. The summed E-state index contributed by atoms with van der Waals surface area (Å²) in [6.45, 7) is 9.25. The molecule has 2 rings (SSSR count). The van der Waals surface area contributed by atoms with Gasteiger partial charge >= 0.3 is 6.03 Å². The molecule has 2 N–H and O–H groups in total. The summed E-state index contributed by atoms with van der Waals surface area (Å²) in [5.74, 6) is -0.434. The molecule has 0 fully saturated rings. The predicted molar refractivity (Wildman–Crippen MR) is 108 cm³/mol. The Balaban J connectivity index is 2.32. The van der Waals surface area contributed by atoms with Crippen LogP contribution in [0.3, 0.4) is 0 Å². The third kappa shape index (κ3) is 5.09. The molecule has 1 heterocycles. The van der Waals surface area contributed by atoms with E-state index in [1.807, 2.05) is 39.8 Å². The molecule has 0 saturated heterocycles. The lowest BCUT2D eigenvalue weighted by molar-refractivity contribution is -0.119. The summed E-state index contributed by atoms with van der Waals surface area (Å²) in [7, 11) is 0. The molecule has 2 aromatic rings. The maximum Gasteiger partial charge on any atom is 0.321 e. The van der Waals surface area contributed by atoms with Crippen molar-refractivity contribution in [3.63, 3.8) is 0 Å². The van der Waals surface area contributed by atoms with E-state index in [0.29, 0.717) is 16.1 Å². The molecule has 0 spiro atoms. The van der Waals surface area contributed by atoms with Crippen molar-refractivity contribution in [1.29, 1.82) is 0 Å². The molecule has 3 amide bonds. The minimum atomic E-state index is -0.591. The van der Waals surface area contributed by atoms with Crippen LogP contribution in [0.5, 0.6) is 0 Å². The second-order valence-electron chi connectivity index (χ2n) is 6.72. The van der Waals surface area contributed by atoms with Gasteiger partial charge in [0.25, 0.3) is 5.56 Å². The maximum atomic E-state index is 12.9. The second kappa shape index (κ2) is 9.03. The van der Waals surface area contributed by atoms with Gasteiger partial charge in [0.2, 0.25) is 5.91 Å². The van der Waals surface area contributed by atoms with Crippen molar-refractivity contribution in [2.75, 3.05) is 0 Å². The average molecular weight is 391 g/mol. The fourth-order valence-corrected chi connectivity index (χ4v) is 3.51. The summed E-state index contributed by atoms with van der Waals surface area (Å²) in [6, 6.07) is 6.50. The van der Waals surface area contributed by atoms with Gasteiger partial charge in [0.05, 0.1) is 16.2 Å². The first-order valence-electron chi connectivity index (χ1n) is 9.03. The van der Waals surface area contributed by atoms with E-state index in [2.05, 4.69) is 15.6 Å². The van der Waals surface area contributed by atoms with Crippen LogP contribution in [0, 0.1) is 0 Å². The van der Waals surface area contributed by atoms with Crippen molar-refractivity contribution in [2.45, 2.75) is 63.5 Å². The molecule has 2 atom stereocenters. The summed E-state index contributed by atoms with van der Waals surface area (Å²) < 4.78 is 1.63. The largest absolute Gasteiger partial charge is 0.336 e. The first-order chi connectivity index (χ1) is 12.7. The molecular formula is C19H26N4O3S. The van der Waals surface area contributed by atoms with E-state index in [4.69, 9.17) is 0 Å². The lowest BCUT2D eigenvalue weighted by atomic mass is 10.2. The molecule has 7 nitrogen and oxygen atoms in total. The molecule has 0 aliphatic heterocycles. The number of imide groups is 1. The van der Waals surface area contributed by atoms with E-state index >= 15 is 0 Å². The Hall–Kier alpha value is -2.35. The van der Waals surface area contributed by atoms with Gasteiger partial charge in [0.15, 0.2) is 5.16 Å². The smallest absolute Gasteiger partial charge is 0.321 e. The monoisotopic (exact) mass is 390 g/mol. The van der Waals surface area contributed by atoms with Crippen molar-refractivity contribution in [3.05, 3.63) is 34.6 Å². The molecule has 0 unspecified atom stereocenters. The highest BCUT2D eigenvalue weighted by Gasteiger charge is 2.22. The van der Waals surface area contributed by atoms with Crippen LogP contribution in [0.25, 0.3) is 10.9 Å². The first kappa shape index (κ1) is 21.0. The molecule has 0 bridgehead atoms. The Bertz CT molecular complexity index is 894. The van der Waals surface area contributed by atoms with Crippen LogP contribution >= 0.6 is 11.8 Å². The van der Waals surface area contributed by atoms with Gasteiger partial charge in [-0.3, -0.25) is 19.5 Å². The molecule has 0 saturated carbocycles. The summed E-state index contributed by atoms with van der Waals surface area (Å²) in [6.07, 6.45) is 0.755. The zero-order chi connectivity index (χ0) is 20.1. The quantitative estimate of drug-likeness (QED) is 0.584. The Morgan fingerprint density at radius 1 is 1.19 bits per heavy atom. The molecular weight excluding hydrogens is 364 g/mol. The highest BCUT2D eigenvalue weighted by atomic mass is 32.2. The number of thioether (sulfide) groups is 1. The highest BCUT2D eigenvalue weighted by molar-refractivity contribution is 8.00. The van der Waals surface area contributed by atoms with Crippen molar-refractivity contribution in [2.24, 2.45) is 0 Å². The number of nitrogens with one attached hydrogen (secondary N) is 2. The molecule has 0 radical (unpaired) electrons. The van der Waals surface area contributed by atoms with E-state index in [1.54, 1.807) is 23.6 Å². The summed E-state index contributed by atoms with van der Waals surface area (Å²) >= 11 is 1.17. The minimum absolute atomic E-state index is 0.0587. The van der Waals surface area contributed by atoms with E-state index in [1.165, 1.54) is 11.8 Å². The second-order valence-corrected chi connectivity index (χ2v) is 8.03. The van der Waals surface area contributed by atoms with Gasteiger partial charge in [0, 0.05) is 12.1 Å². The number of urea groups is 1. The average Bonchev–Trinajstić information content (AvgIpc) is 2.60. The Labute approximate surface area is 162 Å². The summed E-state index contributed by atoms with van der Waals surface area (Å²) in [5.41, 5.74) is 0.470. The van der Waals surface area contributed by atoms with Gasteiger partial charge in [-0.15, -0.1) is 0 Å². The van der Waals surface area contributed by atoms with Crippen molar-refractivity contribution >= 4 is 34.6 Å². The van der Waals surface area contributed by atoms with Gasteiger partial charge in [-0.2, -0.15) is 0 Å². The topological polar surface area (TPSA) is 93.1 Å². The standard InChI is InChI=1S/C19H26N4O3S/c1-6-12(4)23-17(25)14-9-7-8-10-15(14)21-19(23)27-13(5)16(24)22-18(26)20-11(2)3/h7-13H,6H2,1-5H3,(H2,20,22,24,26)/t12-,13+/m0/s1. The fourth-order valence-electron chi connectivity index (χ4n) is 2.50. The van der Waals surface area contributed by atoms with E-state index < -0.39 is 17.2 Å². The zero-order valence-electron chi connectivity index (χ0n) is 16.3.